The summed E-state index contributed by atoms with van der Waals surface area (Å²) in [6.07, 6.45) is 7.23. The smallest absolute Gasteiger partial charge is 0.248 e. The highest BCUT2D eigenvalue weighted by Gasteiger charge is 2.19. The van der Waals surface area contributed by atoms with Crippen LogP contribution >= 0.6 is 11.8 Å². The zero-order valence-electron chi connectivity index (χ0n) is 19.4. The Labute approximate surface area is 208 Å². The Morgan fingerprint density at radius 3 is 2.60 bits per heavy atom. The first-order valence-electron chi connectivity index (χ1n) is 11.6. The maximum absolute atomic E-state index is 11.6. The van der Waals surface area contributed by atoms with E-state index >= 15 is 0 Å². The first-order valence-corrected chi connectivity index (χ1v) is 12.8. The summed E-state index contributed by atoms with van der Waals surface area (Å²) in [4.78, 5) is 25.6. The number of carbonyl (C=O) groups is 1. The fraction of sp³-hybridized carbons (Fsp3) is 0.222. The van der Waals surface area contributed by atoms with Gasteiger partial charge in [0.1, 0.15) is 0 Å². The molecule has 1 aliphatic rings. The number of hydrazone groups is 1. The Bertz CT molecular complexity index is 1360. The summed E-state index contributed by atoms with van der Waals surface area (Å²) in [6, 6.07) is 20.9. The molecular formula is C27H26N6OS. The molecule has 2 N–H and O–H groups in total. The van der Waals surface area contributed by atoms with E-state index in [4.69, 9.17) is 4.98 Å². The number of hydrogen-bond acceptors (Lipinski definition) is 7. The van der Waals surface area contributed by atoms with Crippen molar-refractivity contribution in [3.63, 3.8) is 0 Å². The van der Waals surface area contributed by atoms with Crippen molar-refractivity contribution in [3.05, 3.63) is 72.4 Å². The Morgan fingerprint density at radius 2 is 1.86 bits per heavy atom. The monoisotopic (exact) mass is 482 g/mol. The van der Waals surface area contributed by atoms with Crippen molar-refractivity contribution >= 4 is 34.9 Å². The summed E-state index contributed by atoms with van der Waals surface area (Å²) < 4.78 is 0. The largest absolute Gasteiger partial charge is 0.313 e. The molecule has 0 aliphatic carbocycles. The molecule has 5 rings (SSSR count). The average molecular weight is 483 g/mol. The highest BCUT2D eigenvalue weighted by atomic mass is 32.2. The lowest BCUT2D eigenvalue weighted by Crippen LogP contribution is -2.21. The zero-order valence-corrected chi connectivity index (χ0v) is 20.3. The summed E-state index contributed by atoms with van der Waals surface area (Å²) in [5.41, 5.74) is 8.50. The highest BCUT2D eigenvalue weighted by Crippen LogP contribution is 2.33. The minimum absolute atomic E-state index is 0.00565. The van der Waals surface area contributed by atoms with Crippen molar-refractivity contribution < 1.29 is 4.79 Å². The SMILES string of the molecule is CSc1ncc2cc(-c3ccccc3)c(-c3ccc(CNCCCC4C=NNC4=O)cc3)nc2n1. The van der Waals surface area contributed by atoms with Crippen LogP contribution in [0.15, 0.2) is 77.1 Å². The number of thioether (sulfide) groups is 1. The molecule has 0 saturated heterocycles. The van der Waals surface area contributed by atoms with Crippen LogP contribution in [0, 0.1) is 5.92 Å². The number of rotatable bonds is 9. The molecule has 3 heterocycles. The van der Waals surface area contributed by atoms with E-state index in [-0.39, 0.29) is 11.8 Å². The maximum Gasteiger partial charge on any atom is 0.248 e. The molecule has 7 nitrogen and oxygen atoms in total. The quantitative estimate of drug-likeness (QED) is 0.204. The molecule has 8 heteroatoms. The Kier molecular flexibility index (Phi) is 7.11. The first kappa shape index (κ1) is 23.1. The van der Waals surface area contributed by atoms with E-state index in [0.717, 1.165) is 53.7 Å². The van der Waals surface area contributed by atoms with Gasteiger partial charge < -0.3 is 5.32 Å². The summed E-state index contributed by atoms with van der Waals surface area (Å²) >= 11 is 1.51. The van der Waals surface area contributed by atoms with Crippen molar-refractivity contribution in [2.24, 2.45) is 11.0 Å². The second-order valence-electron chi connectivity index (χ2n) is 8.40. The molecule has 1 atom stereocenters. The summed E-state index contributed by atoms with van der Waals surface area (Å²) in [5.74, 6) is -0.101. The van der Waals surface area contributed by atoms with Gasteiger partial charge in [-0.15, -0.1) is 0 Å². The first-order chi connectivity index (χ1) is 17.2. The number of aromatic nitrogens is 3. The zero-order chi connectivity index (χ0) is 24.0. The lowest BCUT2D eigenvalue weighted by Gasteiger charge is -2.12. The van der Waals surface area contributed by atoms with E-state index in [0.29, 0.717) is 10.8 Å². The van der Waals surface area contributed by atoms with Gasteiger partial charge in [0.05, 0.1) is 11.6 Å². The summed E-state index contributed by atoms with van der Waals surface area (Å²) in [6.45, 7) is 1.62. The van der Waals surface area contributed by atoms with Crippen molar-refractivity contribution in [1.82, 2.24) is 25.7 Å². The topological polar surface area (TPSA) is 92.2 Å². The number of benzene rings is 2. The molecule has 1 amide bonds. The molecule has 0 radical (unpaired) electrons. The van der Waals surface area contributed by atoms with E-state index in [2.05, 4.69) is 68.3 Å². The number of carbonyl (C=O) groups excluding carboxylic acids is 1. The Balaban J connectivity index is 1.33. The number of nitrogens with zero attached hydrogens (tertiary/aromatic N) is 4. The summed E-state index contributed by atoms with van der Waals surface area (Å²) in [5, 5.41) is 8.92. The second-order valence-corrected chi connectivity index (χ2v) is 9.17. The Hall–Kier alpha value is -3.62. The molecule has 4 aromatic rings. The lowest BCUT2D eigenvalue weighted by molar-refractivity contribution is -0.122. The molecule has 0 spiro atoms. The fourth-order valence-corrected chi connectivity index (χ4v) is 4.45. The molecule has 176 valence electrons. The Morgan fingerprint density at radius 1 is 1.03 bits per heavy atom. The van der Waals surface area contributed by atoms with Gasteiger partial charge in [-0.25, -0.2) is 20.4 Å². The van der Waals surface area contributed by atoms with Gasteiger partial charge in [-0.3, -0.25) is 4.79 Å². The molecule has 35 heavy (non-hydrogen) atoms. The van der Waals surface area contributed by atoms with Crippen molar-refractivity contribution in [2.45, 2.75) is 24.5 Å². The predicted octanol–water partition coefficient (Wildman–Crippen LogP) is 4.68. The van der Waals surface area contributed by atoms with Gasteiger partial charge in [-0.05, 0) is 42.8 Å². The van der Waals surface area contributed by atoms with Crippen LogP contribution in [0.3, 0.4) is 0 Å². The van der Waals surface area contributed by atoms with Crippen LogP contribution in [0.4, 0.5) is 0 Å². The van der Waals surface area contributed by atoms with Crippen LogP contribution in [0.5, 0.6) is 0 Å². The summed E-state index contributed by atoms with van der Waals surface area (Å²) in [7, 11) is 0. The van der Waals surface area contributed by atoms with E-state index in [1.54, 1.807) is 6.21 Å². The minimum atomic E-state index is -0.0957. The normalized spacial score (nSPS) is 15.0. The third-order valence-electron chi connectivity index (χ3n) is 6.01. The van der Waals surface area contributed by atoms with Gasteiger partial charge in [0.25, 0.3) is 0 Å². The molecule has 2 aromatic carbocycles. The van der Waals surface area contributed by atoms with Crippen LogP contribution in [0.1, 0.15) is 18.4 Å². The van der Waals surface area contributed by atoms with Crippen molar-refractivity contribution in [3.8, 4) is 22.4 Å². The van der Waals surface area contributed by atoms with E-state index in [1.165, 1.54) is 17.3 Å². The number of fused-ring (bicyclic) bond motifs is 1. The fourth-order valence-electron chi connectivity index (χ4n) is 4.11. The number of amides is 1. The van der Waals surface area contributed by atoms with E-state index < -0.39 is 0 Å². The molecule has 2 aromatic heterocycles. The third-order valence-corrected chi connectivity index (χ3v) is 6.57. The van der Waals surface area contributed by atoms with Gasteiger partial charge in [0.15, 0.2) is 10.8 Å². The van der Waals surface area contributed by atoms with Gasteiger partial charge in [0, 0.05) is 35.5 Å². The van der Waals surface area contributed by atoms with Crippen LogP contribution in [0.25, 0.3) is 33.4 Å². The van der Waals surface area contributed by atoms with Gasteiger partial charge in [0.2, 0.25) is 5.91 Å². The highest BCUT2D eigenvalue weighted by molar-refractivity contribution is 7.98. The van der Waals surface area contributed by atoms with Gasteiger partial charge in [-0.2, -0.15) is 5.10 Å². The van der Waals surface area contributed by atoms with Gasteiger partial charge in [-0.1, -0.05) is 66.4 Å². The predicted molar refractivity (Wildman–Crippen MR) is 141 cm³/mol. The standard InChI is InChI=1S/C27H26N6OS/c1-35-27-29-16-22-14-23(19-6-3-2-4-7-19)24(31-25(22)32-27)20-11-9-18(10-12-20)15-28-13-5-8-21-17-30-33-26(21)34/h2-4,6-7,9-12,14,16-17,21,28H,5,8,13,15H2,1H3,(H,33,34). The van der Waals surface area contributed by atoms with Gasteiger partial charge >= 0.3 is 0 Å². The van der Waals surface area contributed by atoms with Crippen molar-refractivity contribution in [2.75, 3.05) is 12.8 Å². The molecule has 1 unspecified atom stereocenters. The molecule has 1 aliphatic heterocycles. The van der Waals surface area contributed by atoms with Crippen LogP contribution in [-0.4, -0.2) is 39.9 Å². The molecule has 0 fully saturated rings. The number of hydrogen-bond donors (Lipinski definition) is 2. The minimum Gasteiger partial charge on any atom is -0.313 e. The second kappa shape index (κ2) is 10.8. The molecule has 0 bridgehead atoms. The van der Waals surface area contributed by atoms with Crippen molar-refractivity contribution in [1.29, 1.82) is 0 Å². The average Bonchev–Trinajstić information content (AvgIpc) is 3.32. The lowest BCUT2D eigenvalue weighted by atomic mass is 9.98. The number of pyridine rings is 1. The van der Waals surface area contributed by atoms with Crippen LogP contribution < -0.4 is 10.7 Å². The van der Waals surface area contributed by atoms with Crippen LogP contribution in [0.2, 0.25) is 0 Å². The van der Waals surface area contributed by atoms with E-state index in [9.17, 15) is 4.79 Å². The molecular weight excluding hydrogens is 456 g/mol. The number of nitrogens with one attached hydrogen (secondary N) is 2. The van der Waals surface area contributed by atoms with Crippen LogP contribution in [-0.2, 0) is 11.3 Å². The third kappa shape index (κ3) is 5.39. The maximum atomic E-state index is 11.6. The van der Waals surface area contributed by atoms with E-state index in [1.807, 2.05) is 30.7 Å². The molecule has 0 saturated carbocycles.